The smallest absolute Gasteiger partial charge is 0.321 e. The van der Waals surface area contributed by atoms with Crippen LogP contribution < -0.4 is 0 Å². The minimum Gasteiger partial charge on any atom is -0.507 e. The molecule has 1 radical (unpaired) electrons. The molecule has 47 heavy (non-hydrogen) atoms. The van der Waals surface area contributed by atoms with E-state index >= 15 is 0 Å². The van der Waals surface area contributed by atoms with Crippen molar-refractivity contribution in [2.75, 3.05) is 0 Å². The second-order valence-corrected chi connectivity index (χ2v) is 17.5. The minimum absolute atomic E-state index is 0. The van der Waals surface area contributed by atoms with Gasteiger partial charge in [-0.15, -0.1) is 11.6 Å². The van der Waals surface area contributed by atoms with Gasteiger partial charge in [0.25, 0.3) is 0 Å². The monoisotopic (exact) mass is 713 g/mol. The third-order valence-electron chi connectivity index (χ3n) is 8.47. The molecule has 8 heteroatoms. The number of carboxylic acids is 1. The minimum atomic E-state index is -0.975. The van der Waals surface area contributed by atoms with Crippen molar-refractivity contribution >= 4 is 30.0 Å². The Bertz CT molecular complexity index is 1320. The van der Waals surface area contributed by atoms with Crippen molar-refractivity contribution in [1.29, 1.82) is 0 Å². The van der Waals surface area contributed by atoms with Gasteiger partial charge in [0, 0.05) is 51.5 Å². The zero-order valence-corrected chi connectivity index (χ0v) is 32.7. The number of rotatable bonds is 5. The number of alkyl halides is 1. The maximum absolute atomic E-state index is 11.2. The number of aliphatic carboxylic acids is 1. The molecular formula is C39H59ClCoN2O4. The van der Waals surface area contributed by atoms with Gasteiger partial charge in [-0.3, -0.25) is 14.8 Å². The van der Waals surface area contributed by atoms with Crippen LogP contribution >= 0.6 is 11.6 Å². The van der Waals surface area contributed by atoms with Crippen LogP contribution in [0, 0.1) is 0 Å². The first-order valence-corrected chi connectivity index (χ1v) is 17.0. The summed E-state index contributed by atoms with van der Waals surface area (Å²) in [6.07, 6.45) is 7.90. The van der Waals surface area contributed by atoms with E-state index in [4.69, 9.17) is 26.7 Å². The summed E-state index contributed by atoms with van der Waals surface area (Å²) in [4.78, 5) is 19.6. The summed E-state index contributed by atoms with van der Waals surface area (Å²) in [5.41, 5.74) is 5.39. The zero-order chi connectivity index (χ0) is 35.4. The average molecular weight is 714 g/mol. The Morgan fingerprint density at radius 2 is 1.00 bits per heavy atom. The largest absolute Gasteiger partial charge is 0.507 e. The molecule has 0 aliphatic heterocycles. The first kappa shape index (κ1) is 42.7. The number of aliphatic imine (C=N–C) groups is 2. The topological polar surface area (TPSA) is 102 Å². The number of phenols is 2. The Morgan fingerprint density at radius 3 is 1.23 bits per heavy atom. The standard InChI is InChI=1S/C36H54N2O2.C3H5ClO2.Co/c1-33(2,3)25-17-23(31(39)27(19-25)35(7,8)9)21-37-29-15-13-14-16-30(29)38-22-24-18-26(34(4,5)6)20-28(32(24)40)36(10,11)12;1-2(4)3(5)6;/h17-22,29-30,39-40H,13-16H2,1-12H3;2H,1H3,(H,5,6);. The SMILES string of the molecule is CC(C)(C)c1cc(C=NC2CCCCC2N=Cc2cc(C(C)(C)C)cc(C(C)(C)C)c2O)c(O)c(C(C)(C)C)c1.CC(Cl)C(=O)O.[Co]. The molecule has 3 rings (SSSR count). The van der Waals surface area contributed by atoms with Crippen molar-refractivity contribution < 1.29 is 36.9 Å². The molecule has 0 saturated heterocycles. The first-order valence-electron chi connectivity index (χ1n) is 16.5. The van der Waals surface area contributed by atoms with E-state index < -0.39 is 11.3 Å². The molecule has 265 valence electrons. The van der Waals surface area contributed by atoms with Crippen LogP contribution in [0.4, 0.5) is 0 Å². The van der Waals surface area contributed by atoms with Gasteiger partial charge in [0.05, 0.1) is 12.1 Å². The van der Waals surface area contributed by atoms with Gasteiger partial charge in [-0.25, -0.2) is 0 Å². The van der Waals surface area contributed by atoms with Crippen molar-refractivity contribution in [2.45, 2.75) is 155 Å². The maximum atomic E-state index is 11.2. The second-order valence-electron chi connectivity index (χ2n) is 16.9. The van der Waals surface area contributed by atoms with Crippen molar-refractivity contribution in [3.63, 3.8) is 0 Å². The number of benzene rings is 2. The average Bonchev–Trinajstić information content (AvgIpc) is 2.90. The second kappa shape index (κ2) is 16.4. The van der Waals surface area contributed by atoms with Gasteiger partial charge in [0.15, 0.2) is 0 Å². The molecule has 6 nitrogen and oxygen atoms in total. The molecule has 0 aromatic heterocycles. The predicted octanol–water partition coefficient (Wildman–Crippen LogP) is 9.83. The van der Waals surface area contributed by atoms with Crippen LogP contribution in [0.25, 0.3) is 0 Å². The zero-order valence-electron chi connectivity index (χ0n) is 30.9. The van der Waals surface area contributed by atoms with Crippen LogP contribution in [0.15, 0.2) is 34.3 Å². The number of hydrogen-bond donors (Lipinski definition) is 3. The fourth-order valence-electron chi connectivity index (χ4n) is 5.31. The van der Waals surface area contributed by atoms with Gasteiger partial charge in [-0.2, -0.15) is 0 Å². The number of carbonyl (C=O) groups is 1. The molecule has 2 aromatic rings. The third kappa shape index (κ3) is 12.2. The molecule has 3 unspecified atom stereocenters. The van der Waals surface area contributed by atoms with Gasteiger partial charge < -0.3 is 15.3 Å². The number of hydrogen-bond acceptors (Lipinski definition) is 5. The van der Waals surface area contributed by atoms with E-state index in [0.29, 0.717) is 11.5 Å². The Balaban J connectivity index is 0.00000144. The molecule has 1 aliphatic rings. The first-order chi connectivity index (χ1) is 20.8. The Morgan fingerprint density at radius 1 is 0.702 bits per heavy atom. The van der Waals surface area contributed by atoms with Crippen molar-refractivity contribution in [1.82, 2.24) is 0 Å². The molecule has 0 bridgehead atoms. The maximum Gasteiger partial charge on any atom is 0.321 e. The number of nitrogens with zero attached hydrogens (tertiary/aromatic N) is 2. The molecule has 3 atom stereocenters. The normalized spacial score (nSPS) is 18.4. The van der Waals surface area contributed by atoms with E-state index in [1.165, 1.54) is 18.1 Å². The van der Waals surface area contributed by atoms with Gasteiger partial charge >= 0.3 is 5.97 Å². The fraction of sp³-hybridized carbons (Fsp3) is 0.615. The van der Waals surface area contributed by atoms with Gasteiger partial charge in [-0.1, -0.05) is 108 Å². The summed E-state index contributed by atoms with van der Waals surface area (Å²) in [6.45, 7) is 27.4. The summed E-state index contributed by atoms with van der Waals surface area (Å²) in [6, 6.07) is 8.53. The number of halogens is 1. The van der Waals surface area contributed by atoms with Gasteiger partial charge in [0.1, 0.15) is 16.9 Å². The van der Waals surface area contributed by atoms with Crippen LogP contribution in [-0.4, -0.2) is 51.2 Å². The molecule has 1 saturated carbocycles. The molecule has 0 spiro atoms. The predicted molar refractivity (Wildman–Crippen MR) is 195 cm³/mol. The van der Waals surface area contributed by atoms with Crippen LogP contribution in [0.5, 0.6) is 11.5 Å². The summed E-state index contributed by atoms with van der Waals surface area (Å²) in [5.74, 6) is -0.339. The molecule has 0 heterocycles. The Labute approximate surface area is 299 Å². The van der Waals surface area contributed by atoms with Gasteiger partial charge in [-0.05, 0) is 64.7 Å². The van der Waals surface area contributed by atoms with Crippen molar-refractivity contribution in [3.05, 3.63) is 57.6 Å². The van der Waals surface area contributed by atoms with E-state index in [0.717, 1.165) is 47.9 Å². The molecule has 1 aliphatic carbocycles. The summed E-state index contributed by atoms with van der Waals surface area (Å²) < 4.78 is 0. The fourth-order valence-corrected chi connectivity index (χ4v) is 5.31. The molecule has 1 fully saturated rings. The Kier molecular flexibility index (Phi) is 14.9. The number of aromatic hydroxyl groups is 2. The van der Waals surface area contributed by atoms with E-state index in [1.807, 2.05) is 12.4 Å². The third-order valence-corrected chi connectivity index (χ3v) is 8.66. The molecule has 0 amide bonds. The van der Waals surface area contributed by atoms with Crippen LogP contribution in [-0.2, 0) is 43.2 Å². The van der Waals surface area contributed by atoms with Gasteiger partial charge in [0.2, 0.25) is 0 Å². The summed E-state index contributed by atoms with van der Waals surface area (Å²) in [7, 11) is 0. The Hall–Kier alpha value is -2.35. The van der Waals surface area contributed by atoms with E-state index in [9.17, 15) is 15.0 Å². The van der Waals surface area contributed by atoms with E-state index in [-0.39, 0.29) is 50.5 Å². The van der Waals surface area contributed by atoms with Crippen LogP contribution in [0.1, 0.15) is 149 Å². The molecular weight excluding hydrogens is 655 g/mol. The molecule has 2 aromatic carbocycles. The number of carboxylic acid groups (broad SMARTS) is 1. The van der Waals surface area contributed by atoms with E-state index in [2.05, 4.69) is 107 Å². The van der Waals surface area contributed by atoms with Crippen LogP contribution in [0.3, 0.4) is 0 Å². The summed E-state index contributed by atoms with van der Waals surface area (Å²) >= 11 is 5.01. The molecule has 3 N–H and O–H groups in total. The van der Waals surface area contributed by atoms with E-state index in [1.54, 1.807) is 0 Å². The van der Waals surface area contributed by atoms with Crippen LogP contribution in [0.2, 0.25) is 0 Å². The van der Waals surface area contributed by atoms with Crippen molar-refractivity contribution in [2.24, 2.45) is 9.98 Å². The number of phenolic OH excluding ortho intramolecular Hbond substituents is 2. The summed E-state index contributed by atoms with van der Waals surface area (Å²) in [5, 5.41) is 29.6. The quantitative estimate of drug-likeness (QED) is 0.212. The van der Waals surface area contributed by atoms with Crippen molar-refractivity contribution in [3.8, 4) is 11.5 Å².